The van der Waals surface area contributed by atoms with Gasteiger partial charge in [-0.2, -0.15) is 0 Å². The summed E-state index contributed by atoms with van der Waals surface area (Å²) in [4.78, 5) is 28.5. The summed E-state index contributed by atoms with van der Waals surface area (Å²) < 4.78 is 0. The number of amides is 2. The van der Waals surface area contributed by atoms with Crippen LogP contribution in [0.1, 0.15) is 39.7 Å². The monoisotopic (exact) mass is 466 g/mol. The van der Waals surface area contributed by atoms with Crippen LogP contribution in [0.15, 0.2) is 53.4 Å². The first kappa shape index (κ1) is 24.6. The van der Waals surface area contributed by atoms with Crippen LogP contribution < -0.4 is 5.32 Å². The maximum atomic E-state index is 13.1. The molecule has 0 aromatic heterocycles. The number of carbonyl (C=O) groups is 2. The third kappa shape index (κ3) is 8.21. The number of halogens is 2. The fourth-order valence-corrected chi connectivity index (χ4v) is 4.00. The van der Waals surface area contributed by atoms with Crippen LogP contribution in [-0.2, 0) is 16.1 Å². The Bertz CT molecular complexity index is 866. The van der Waals surface area contributed by atoms with Gasteiger partial charge in [-0.1, -0.05) is 35.3 Å². The zero-order chi connectivity index (χ0) is 22.3. The fraction of sp³-hybridized carbons (Fsp3) is 0.391. The third-order valence-corrected chi connectivity index (χ3v) is 5.81. The smallest absolute Gasteiger partial charge is 0.242 e. The Labute approximate surface area is 193 Å². The number of hydrogen-bond donors (Lipinski definition) is 1. The molecule has 4 nitrogen and oxygen atoms in total. The van der Waals surface area contributed by atoms with Crippen molar-refractivity contribution in [3.05, 3.63) is 64.1 Å². The average Bonchev–Trinajstić information content (AvgIpc) is 2.65. The normalized spacial score (nSPS) is 12.3. The zero-order valence-electron chi connectivity index (χ0n) is 17.7. The molecule has 2 aromatic carbocycles. The summed E-state index contributed by atoms with van der Waals surface area (Å²) >= 11 is 13.6. The second-order valence-electron chi connectivity index (χ2n) is 8.12. The summed E-state index contributed by atoms with van der Waals surface area (Å²) in [5.41, 5.74) is 0.511. The quantitative estimate of drug-likeness (QED) is 0.499. The Morgan fingerprint density at radius 2 is 1.73 bits per heavy atom. The van der Waals surface area contributed by atoms with Crippen molar-refractivity contribution >= 4 is 46.8 Å². The summed E-state index contributed by atoms with van der Waals surface area (Å²) in [5.74, 6) is 0.358. The van der Waals surface area contributed by atoms with Gasteiger partial charge in [0, 0.05) is 39.2 Å². The Morgan fingerprint density at radius 1 is 1.07 bits per heavy atom. The highest BCUT2D eigenvalue weighted by Gasteiger charge is 2.28. The molecular formula is C23H28Cl2N2O2S. The fourth-order valence-electron chi connectivity index (χ4n) is 2.82. The lowest BCUT2D eigenvalue weighted by molar-refractivity contribution is -0.140. The topological polar surface area (TPSA) is 49.4 Å². The summed E-state index contributed by atoms with van der Waals surface area (Å²) in [6, 6.07) is 14.3. The molecule has 0 aliphatic heterocycles. The number of nitrogens with one attached hydrogen (secondary N) is 1. The van der Waals surface area contributed by atoms with Gasteiger partial charge in [-0.15, -0.1) is 11.8 Å². The van der Waals surface area contributed by atoms with Crippen molar-refractivity contribution in [2.75, 3.05) is 5.75 Å². The van der Waals surface area contributed by atoms with Gasteiger partial charge in [-0.05, 0) is 69.7 Å². The molecule has 30 heavy (non-hydrogen) atoms. The van der Waals surface area contributed by atoms with Gasteiger partial charge >= 0.3 is 0 Å². The van der Waals surface area contributed by atoms with E-state index in [9.17, 15) is 9.59 Å². The molecule has 0 fully saturated rings. The Hall–Kier alpha value is -1.69. The van der Waals surface area contributed by atoms with Gasteiger partial charge in [-0.25, -0.2) is 0 Å². The van der Waals surface area contributed by atoms with Crippen LogP contribution in [0.4, 0.5) is 0 Å². The van der Waals surface area contributed by atoms with Crippen molar-refractivity contribution < 1.29 is 9.59 Å². The van der Waals surface area contributed by atoms with Crippen molar-refractivity contribution in [1.82, 2.24) is 10.2 Å². The van der Waals surface area contributed by atoms with E-state index in [1.54, 1.807) is 29.7 Å². The Kier molecular flexibility index (Phi) is 9.08. The number of benzene rings is 2. The molecule has 0 radical (unpaired) electrons. The van der Waals surface area contributed by atoms with Crippen molar-refractivity contribution in [2.45, 2.75) is 57.1 Å². The van der Waals surface area contributed by atoms with E-state index in [0.29, 0.717) is 28.8 Å². The maximum Gasteiger partial charge on any atom is 0.242 e. The van der Waals surface area contributed by atoms with Gasteiger partial charge in [0.05, 0.1) is 0 Å². The molecule has 2 amide bonds. The second-order valence-corrected chi connectivity index (χ2v) is 10.2. The summed E-state index contributed by atoms with van der Waals surface area (Å²) in [6.45, 7) is 7.84. The predicted octanol–water partition coefficient (Wildman–Crippen LogP) is 5.81. The lowest BCUT2D eigenvalue weighted by Crippen LogP contribution is -2.52. The first-order chi connectivity index (χ1) is 14.0. The maximum absolute atomic E-state index is 13.1. The van der Waals surface area contributed by atoms with E-state index in [4.69, 9.17) is 23.2 Å². The molecule has 1 atom stereocenters. The molecule has 0 saturated carbocycles. The molecule has 2 rings (SSSR count). The first-order valence-electron chi connectivity index (χ1n) is 9.79. The van der Waals surface area contributed by atoms with Crippen LogP contribution >= 0.6 is 35.0 Å². The number of rotatable bonds is 8. The molecule has 1 N–H and O–H groups in total. The van der Waals surface area contributed by atoms with Crippen molar-refractivity contribution in [3.8, 4) is 0 Å². The largest absolute Gasteiger partial charge is 0.350 e. The number of carbonyl (C=O) groups excluding carboxylic acids is 2. The summed E-state index contributed by atoms with van der Waals surface area (Å²) in [6.07, 6.45) is 0.320. The summed E-state index contributed by atoms with van der Waals surface area (Å²) in [7, 11) is 0. The van der Waals surface area contributed by atoms with Crippen LogP contribution in [0.25, 0.3) is 0 Å². The van der Waals surface area contributed by atoms with Gasteiger partial charge in [0.2, 0.25) is 11.8 Å². The van der Waals surface area contributed by atoms with E-state index in [1.807, 2.05) is 63.2 Å². The zero-order valence-corrected chi connectivity index (χ0v) is 20.1. The van der Waals surface area contributed by atoms with E-state index in [0.717, 1.165) is 10.5 Å². The molecule has 0 heterocycles. The first-order valence-corrected chi connectivity index (χ1v) is 11.5. The highest BCUT2D eigenvalue weighted by Crippen LogP contribution is 2.22. The molecule has 0 saturated heterocycles. The molecule has 0 bridgehead atoms. The highest BCUT2D eigenvalue weighted by molar-refractivity contribution is 7.99. The Morgan fingerprint density at radius 3 is 2.33 bits per heavy atom. The molecule has 162 valence electrons. The lowest BCUT2D eigenvalue weighted by Gasteiger charge is -2.31. The number of nitrogens with zero attached hydrogens (tertiary/aromatic N) is 1. The van der Waals surface area contributed by atoms with E-state index in [2.05, 4.69) is 5.32 Å². The van der Waals surface area contributed by atoms with Crippen molar-refractivity contribution in [2.24, 2.45) is 0 Å². The van der Waals surface area contributed by atoms with Crippen molar-refractivity contribution in [1.29, 1.82) is 0 Å². The SMILES string of the molecule is C[C@@H](C(=O)NC(C)(C)C)N(Cc1cccc(Cl)c1)C(=O)CCSc1ccc(Cl)cc1. The van der Waals surface area contributed by atoms with Gasteiger partial charge in [-0.3, -0.25) is 9.59 Å². The van der Waals surface area contributed by atoms with Gasteiger partial charge in [0.25, 0.3) is 0 Å². The minimum Gasteiger partial charge on any atom is -0.350 e. The van der Waals surface area contributed by atoms with E-state index in [-0.39, 0.29) is 17.4 Å². The Balaban J connectivity index is 2.09. The molecule has 0 unspecified atom stereocenters. The molecule has 2 aromatic rings. The molecule has 0 aliphatic carbocycles. The third-order valence-electron chi connectivity index (χ3n) is 4.31. The van der Waals surface area contributed by atoms with Gasteiger partial charge in [0.1, 0.15) is 6.04 Å². The van der Waals surface area contributed by atoms with Crippen LogP contribution in [-0.4, -0.2) is 34.0 Å². The van der Waals surface area contributed by atoms with Crippen LogP contribution in [0.2, 0.25) is 10.0 Å². The predicted molar refractivity (Wildman–Crippen MR) is 126 cm³/mol. The van der Waals surface area contributed by atoms with Crippen LogP contribution in [0, 0.1) is 0 Å². The summed E-state index contributed by atoms with van der Waals surface area (Å²) in [5, 5.41) is 4.25. The molecule has 7 heteroatoms. The average molecular weight is 467 g/mol. The highest BCUT2D eigenvalue weighted by atomic mass is 35.5. The number of hydrogen-bond acceptors (Lipinski definition) is 3. The van der Waals surface area contributed by atoms with E-state index in [1.165, 1.54) is 0 Å². The van der Waals surface area contributed by atoms with Gasteiger partial charge < -0.3 is 10.2 Å². The minimum absolute atomic E-state index is 0.0759. The van der Waals surface area contributed by atoms with Crippen LogP contribution in [0.5, 0.6) is 0 Å². The van der Waals surface area contributed by atoms with E-state index >= 15 is 0 Å². The standard InChI is InChI=1S/C23H28Cl2N2O2S/c1-16(22(29)26-23(2,3)4)27(15-17-6-5-7-19(25)14-17)21(28)12-13-30-20-10-8-18(24)9-11-20/h5-11,14,16H,12-13,15H2,1-4H3,(H,26,29)/t16-/m0/s1. The molecular weight excluding hydrogens is 439 g/mol. The molecule has 0 aliphatic rings. The molecule has 0 spiro atoms. The van der Waals surface area contributed by atoms with Gasteiger partial charge in [0.15, 0.2) is 0 Å². The van der Waals surface area contributed by atoms with E-state index < -0.39 is 6.04 Å². The second kappa shape index (κ2) is 11.1. The number of thioether (sulfide) groups is 1. The van der Waals surface area contributed by atoms with Crippen molar-refractivity contribution in [3.63, 3.8) is 0 Å². The van der Waals surface area contributed by atoms with Crippen LogP contribution in [0.3, 0.4) is 0 Å². The lowest BCUT2D eigenvalue weighted by atomic mass is 10.1. The minimum atomic E-state index is -0.601.